The summed E-state index contributed by atoms with van der Waals surface area (Å²) in [5, 5.41) is 5.69. The summed E-state index contributed by atoms with van der Waals surface area (Å²) in [5.74, 6) is 1.12. The fourth-order valence-corrected chi connectivity index (χ4v) is 5.56. The molecule has 1 atom stereocenters. The molecule has 1 N–H and O–H groups in total. The van der Waals surface area contributed by atoms with Crippen LogP contribution in [0.4, 0.5) is 10.5 Å². The van der Waals surface area contributed by atoms with Crippen LogP contribution >= 0.6 is 22.9 Å². The van der Waals surface area contributed by atoms with Gasteiger partial charge in [0.2, 0.25) is 5.91 Å². The molecule has 8 heteroatoms. The number of benzene rings is 2. The molecule has 1 aromatic heterocycles. The number of aryl methyl sites for hydroxylation is 1. The van der Waals surface area contributed by atoms with Gasteiger partial charge in [-0.3, -0.25) is 4.79 Å². The van der Waals surface area contributed by atoms with Crippen molar-refractivity contribution in [1.29, 1.82) is 0 Å². The van der Waals surface area contributed by atoms with Gasteiger partial charge in [-0.2, -0.15) is 0 Å². The monoisotopic (exact) mass is 523 g/mol. The molecular formula is C28H30ClN3O3S. The minimum atomic E-state index is -0.235. The first-order valence-corrected chi connectivity index (χ1v) is 13.6. The van der Waals surface area contributed by atoms with Crippen LogP contribution in [0.5, 0.6) is 5.75 Å². The Balaban J connectivity index is 1.29. The number of halogens is 1. The number of amides is 3. The van der Waals surface area contributed by atoms with Crippen LogP contribution in [0.2, 0.25) is 5.02 Å². The highest BCUT2D eigenvalue weighted by Crippen LogP contribution is 2.35. The molecule has 3 amide bonds. The van der Waals surface area contributed by atoms with E-state index in [0.29, 0.717) is 36.4 Å². The molecule has 1 aliphatic carbocycles. The Kier molecular flexibility index (Phi) is 7.48. The second kappa shape index (κ2) is 10.9. The number of rotatable bonds is 8. The summed E-state index contributed by atoms with van der Waals surface area (Å²) in [4.78, 5) is 31.6. The van der Waals surface area contributed by atoms with Gasteiger partial charge in [0.05, 0.1) is 6.04 Å². The number of anilines is 1. The predicted octanol–water partition coefficient (Wildman–Crippen LogP) is 6.16. The molecule has 1 fully saturated rings. The molecule has 0 unspecified atom stereocenters. The van der Waals surface area contributed by atoms with Gasteiger partial charge < -0.3 is 19.9 Å². The number of nitrogens with one attached hydrogen (secondary N) is 1. The van der Waals surface area contributed by atoms with Crippen molar-refractivity contribution in [2.75, 3.05) is 31.6 Å². The highest BCUT2D eigenvalue weighted by atomic mass is 35.5. The van der Waals surface area contributed by atoms with Crippen molar-refractivity contribution in [1.82, 2.24) is 9.80 Å². The van der Waals surface area contributed by atoms with E-state index < -0.39 is 0 Å². The van der Waals surface area contributed by atoms with Crippen LogP contribution in [-0.2, 0) is 11.2 Å². The third kappa shape index (κ3) is 6.02. The molecule has 2 aliphatic rings. The van der Waals surface area contributed by atoms with Crippen LogP contribution in [0.1, 0.15) is 34.9 Å². The van der Waals surface area contributed by atoms with Gasteiger partial charge in [-0.1, -0.05) is 29.3 Å². The molecule has 0 bridgehead atoms. The van der Waals surface area contributed by atoms with E-state index in [9.17, 15) is 9.59 Å². The quantitative estimate of drug-likeness (QED) is 0.384. The number of thiophene rings is 1. The number of carbonyl (C=O) groups is 2. The number of ether oxygens (including phenoxy) is 1. The van der Waals surface area contributed by atoms with Crippen molar-refractivity contribution >= 4 is 40.6 Å². The van der Waals surface area contributed by atoms with E-state index in [2.05, 4.69) is 16.8 Å². The Morgan fingerprint density at radius 2 is 1.86 bits per heavy atom. The van der Waals surface area contributed by atoms with Crippen LogP contribution < -0.4 is 10.1 Å². The van der Waals surface area contributed by atoms with Crippen molar-refractivity contribution in [2.24, 2.45) is 5.92 Å². The maximum absolute atomic E-state index is 13.6. The van der Waals surface area contributed by atoms with Crippen LogP contribution in [-0.4, -0.2) is 48.0 Å². The van der Waals surface area contributed by atoms with E-state index >= 15 is 0 Å². The zero-order valence-electron chi connectivity index (χ0n) is 20.3. The third-order valence-electron chi connectivity index (χ3n) is 6.73. The van der Waals surface area contributed by atoms with Crippen LogP contribution in [0, 0.1) is 12.8 Å². The molecule has 36 heavy (non-hydrogen) atoms. The summed E-state index contributed by atoms with van der Waals surface area (Å²) >= 11 is 7.72. The summed E-state index contributed by atoms with van der Waals surface area (Å²) < 4.78 is 6.08. The molecule has 0 radical (unpaired) electrons. The predicted molar refractivity (Wildman–Crippen MR) is 144 cm³/mol. The lowest BCUT2D eigenvalue weighted by atomic mass is 10.0. The zero-order valence-corrected chi connectivity index (χ0v) is 21.9. The van der Waals surface area contributed by atoms with E-state index in [-0.39, 0.29) is 24.5 Å². The minimum Gasteiger partial charge on any atom is -0.491 e. The number of carbonyl (C=O) groups excluding carboxylic acids is 2. The Morgan fingerprint density at radius 3 is 2.58 bits per heavy atom. The Bertz CT molecular complexity index is 1210. The van der Waals surface area contributed by atoms with Gasteiger partial charge in [0.1, 0.15) is 18.9 Å². The minimum absolute atomic E-state index is 0.0467. The highest BCUT2D eigenvalue weighted by molar-refractivity contribution is 7.10. The summed E-state index contributed by atoms with van der Waals surface area (Å²) in [6.45, 7) is 3.60. The first kappa shape index (κ1) is 24.7. The van der Waals surface area contributed by atoms with Crippen molar-refractivity contribution in [2.45, 2.75) is 32.2 Å². The first-order valence-electron chi connectivity index (χ1n) is 12.3. The molecule has 1 saturated carbocycles. The Hall–Kier alpha value is -3.03. The van der Waals surface area contributed by atoms with Gasteiger partial charge in [0.25, 0.3) is 0 Å². The van der Waals surface area contributed by atoms with E-state index in [1.165, 1.54) is 4.88 Å². The maximum Gasteiger partial charge on any atom is 0.322 e. The average Bonchev–Trinajstić information content (AvgIpc) is 3.56. The lowest BCUT2D eigenvalue weighted by Crippen LogP contribution is -2.49. The van der Waals surface area contributed by atoms with Gasteiger partial charge in [-0.25, -0.2) is 4.79 Å². The van der Waals surface area contributed by atoms with Crippen LogP contribution in [0.15, 0.2) is 60.0 Å². The molecule has 0 saturated heterocycles. The van der Waals surface area contributed by atoms with Gasteiger partial charge >= 0.3 is 6.03 Å². The molecular weight excluding hydrogens is 494 g/mol. The van der Waals surface area contributed by atoms with Gasteiger partial charge in [-0.15, -0.1) is 11.3 Å². The Morgan fingerprint density at radius 1 is 1.11 bits per heavy atom. The molecule has 5 rings (SSSR count). The normalized spacial score (nSPS) is 16.8. The summed E-state index contributed by atoms with van der Waals surface area (Å²) in [6, 6.07) is 16.6. The van der Waals surface area contributed by atoms with Gasteiger partial charge in [0.15, 0.2) is 0 Å². The van der Waals surface area contributed by atoms with E-state index in [0.717, 1.165) is 36.1 Å². The number of hydrogen-bond acceptors (Lipinski definition) is 4. The molecule has 2 aromatic carbocycles. The molecule has 188 valence electrons. The third-order valence-corrected chi connectivity index (χ3v) is 7.98. The highest BCUT2D eigenvalue weighted by Gasteiger charge is 2.35. The smallest absolute Gasteiger partial charge is 0.322 e. The molecule has 6 nitrogen and oxygen atoms in total. The second-order valence-electron chi connectivity index (χ2n) is 9.54. The van der Waals surface area contributed by atoms with E-state index in [4.69, 9.17) is 16.3 Å². The van der Waals surface area contributed by atoms with Crippen molar-refractivity contribution in [3.63, 3.8) is 0 Å². The van der Waals surface area contributed by atoms with E-state index in [1.54, 1.807) is 28.4 Å². The second-order valence-corrected chi connectivity index (χ2v) is 11.0. The number of fused-ring (bicyclic) bond motifs is 1. The van der Waals surface area contributed by atoms with Crippen molar-refractivity contribution < 1.29 is 14.3 Å². The summed E-state index contributed by atoms with van der Waals surface area (Å²) in [7, 11) is 0. The first-order chi connectivity index (χ1) is 17.5. The fourth-order valence-electron chi connectivity index (χ4n) is 4.51. The van der Waals surface area contributed by atoms with Crippen LogP contribution in [0.25, 0.3) is 0 Å². The number of urea groups is 1. The molecule has 2 heterocycles. The standard InChI is InChI=1S/C28H30ClN3O3S/c1-19-2-8-22(9-3-19)30-28(34)31(16-20-4-5-20)17-27(33)32-14-12-26-24(13-15-36-26)25(32)18-35-23-10-6-21(29)7-11-23/h2-3,6-11,13,15,20,25H,4-5,12,14,16-18H2,1H3,(H,30,34)/t25-/m1/s1. The lowest BCUT2D eigenvalue weighted by Gasteiger charge is -2.37. The maximum atomic E-state index is 13.6. The number of hydrogen-bond donors (Lipinski definition) is 1. The SMILES string of the molecule is Cc1ccc(NC(=O)N(CC(=O)N2CCc3sccc3[C@H]2COc2ccc(Cl)cc2)CC2CC2)cc1. The van der Waals surface area contributed by atoms with E-state index in [1.807, 2.05) is 48.2 Å². The van der Waals surface area contributed by atoms with Crippen molar-refractivity contribution in [3.8, 4) is 5.75 Å². The molecule has 0 spiro atoms. The van der Waals surface area contributed by atoms with Crippen LogP contribution in [0.3, 0.4) is 0 Å². The summed E-state index contributed by atoms with van der Waals surface area (Å²) in [6.07, 6.45) is 3.01. The summed E-state index contributed by atoms with van der Waals surface area (Å²) in [5.41, 5.74) is 2.99. The van der Waals surface area contributed by atoms with Crippen molar-refractivity contribution in [3.05, 3.63) is 81.0 Å². The topological polar surface area (TPSA) is 61.9 Å². The Labute approximate surface area is 220 Å². The molecule has 3 aromatic rings. The lowest BCUT2D eigenvalue weighted by molar-refractivity contribution is -0.135. The molecule has 1 aliphatic heterocycles. The zero-order chi connectivity index (χ0) is 25.1. The van der Waals surface area contributed by atoms with Gasteiger partial charge in [-0.05, 0) is 85.5 Å². The number of nitrogens with zero attached hydrogens (tertiary/aromatic N) is 2. The van der Waals surface area contributed by atoms with Gasteiger partial charge in [0, 0.05) is 28.7 Å². The average molecular weight is 524 g/mol. The fraction of sp³-hybridized carbons (Fsp3) is 0.357. The largest absolute Gasteiger partial charge is 0.491 e.